The van der Waals surface area contributed by atoms with Crippen LogP contribution >= 0.6 is 11.3 Å². The van der Waals surface area contributed by atoms with E-state index in [1.165, 1.54) is 53.5 Å². The lowest BCUT2D eigenvalue weighted by atomic mass is 9.96. The summed E-state index contributed by atoms with van der Waals surface area (Å²) in [7, 11) is 0. The van der Waals surface area contributed by atoms with Gasteiger partial charge in [-0.15, -0.1) is 11.3 Å². The van der Waals surface area contributed by atoms with Gasteiger partial charge in [0.2, 0.25) is 23.8 Å². The van der Waals surface area contributed by atoms with Crippen LogP contribution in [-0.4, -0.2) is 211 Å². The van der Waals surface area contributed by atoms with Gasteiger partial charge in [0.05, 0.1) is 104 Å². The lowest BCUT2D eigenvalue weighted by Crippen LogP contribution is -2.41. The Labute approximate surface area is 757 Å². The minimum atomic E-state index is -2.66. The number of hydrogen-bond donors (Lipinski definition) is 6. The van der Waals surface area contributed by atoms with Crippen LogP contribution < -0.4 is 40.9 Å². The number of nitrogens with zero attached hydrogens (tertiary/aromatic N) is 14. The average Bonchev–Trinajstić information content (AvgIpc) is 1.64. The van der Waals surface area contributed by atoms with Crippen molar-refractivity contribution in [2.45, 2.75) is 103 Å². The molecule has 34 nitrogen and oxygen atoms in total. The quantitative estimate of drug-likeness (QED) is 0.0289. The first kappa shape index (κ1) is 92.5. The smallest absolute Gasteiger partial charge is 0.414 e. The number of nitriles is 1. The Morgan fingerprint density at radius 3 is 1.46 bits per heavy atom. The van der Waals surface area contributed by atoms with E-state index in [9.17, 15) is 62.1 Å². The zero-order chi connectivity index (χ0) is 92.7. The van der Waals surface area contributed by atoms with Gasteiger partial charge in [-0.2, -0.15) is 5.26 Å². The van der Waals surface area contributed by atoms with Gasteiger partial charge in [-0.3, -0.25) is 64.5 Å². The van der Waals surface area contributed by atoms with Crippen molar-refractivity contribution in [3.05, 3.63) is 208 Å². The van der Waals surface area contributed by atoms with Gasteiger partial charge >= 0.3 is 6.09 Å². The van der Waals surface area contributed by atoms with Crippen molar-refractivity contribution in [1.29, 1.82) is 5.26 Å². The molecule has 5 aliphatic heterocycles. The predicted molar refractivity (Wildman–Crippen MR) is 489 cm³/mol. The number of aromatic nitrogens is 9. The molecule has 18 rings (SSSR count). The first-order valence-electron chi connectivity index (χ1n) is 43.1. The maximum atomic E-state index is 15.7. The average molecular weight is 1820 g/mol. The number of fused-ring (bicyclic) bond motifs is 5. The number of ether oxygens (including phenoxy) is 5. The number of nitrogens with one attached hydrogen (secondary N) is 4. The molecule has 0 spiro atoms. The highest BCUT2D eigenvalue weighted by atomic mass is 32.1. The van der Waals surface area contributed by atoms with Crippen molar-refractivity contribution < 1.29 is 90.2 Å². The Balaban J connectivity index is 0.000000135. The van der Waals surface area contributed by atoms with Crippen molar-refractivity contribution in [1.82, 2.24) is 43.2 Å². The van der Waals surface area contributed by atoms with Gasteiger partial charge in [-0.05, 0) is 173 Å². The van der Waals surface area contributed by atoms with E-state index in [0.29, 0.717) is 188 Å². The minimum absolute atomic E-state index is 0.00587. The van der Waals surface area contributed by atoms with Gasteiger partial charge in [0, 0.05) is 141 Å². The van der Waals surface area contributed by atoms with E-state index >= 15 is 4.39 Å². The van der Waals surface area contributed by atoms with Gasteiger partial charge in [-0.1, -0.05) is 43.7 Å². The predicted octanol–water partition coefficient (Wildman–Crippen LogP) is 13.9. The second kappa shape index (κ2) is 42.1. The Kier molecular flexibility index (Phi) is 29.5. The van der Waals surface area contributed by atoms with Crippen molar-refractivity contribution >= 4 is 165 Å². The van der Waals surface area contributed by atoms with Crippen molar-refractivity contribution in [2.75, 3.05) is 140 Å². The number of cyclic esters (lactones) is 1. The van der Waals surface area contributed by atoms with Crippen LogP contribution in [0, 0.1) is 11.3 Å². The molecule has 0 unspecified atom stereocenters. The van der Waals surface area contributed by atoms with Crippen LogP contribution in [0.15, 0.2) is 169 Å². The van der Waals surface area contributed by atoms with Crippen LogP contribution in [0.4, 0.5) is 64.5 Å². The molecule has 5 aliphatic rings. The van der Waals surface area contributed by atoms with Crippen LogP contribution in [0.5, 0.6) is 0 Å². The van der Waals surface area contributed by atoms with Crippen LogP contribution in [-0.2, 0) is 57.7 Å². The number of carbonyl (C=O) groups excluding carboxylic acids is 9. The number of aliphatic hydroxyl groups excluding tert-OH is 2. The van der Waals surface area contributed by atoms with Crippen LogP contribution in [0.3, 0.4) is 0 Å². The number of morpholine rings is 3. The van der Waals surface area contributed by atoms with Crippen molar-refractivity contribution in [2.24, 2.45) is 0 Å². The molecule has 10 heterocycles. The molecule has 0 bridgehead atoms. The second-order valence-corrected chi connectivity index (χ2v) is 32.7. The van der Waals surface area contributed by atoms with E-state index in [1.54, 1.807) is 104 Å². The fourth-order valence-corrected chi connectivity index (χ4v) is 16.7. The number of halogens is 3. The summed E-state index contributed by atoms with van der Waals surface area (Å²) in [5, 5.41) is 39.1. The lowest BCUT2D eigenvalue weighted by Gasteiger charge is -2.30. The molecule has 6 N–H and O–H groups in total. The first-order chi connectivity index (χ1) is 63.9. The van der Waals surface area contributed by atoms with E-state index in [2.05, 4.69) is 53.1 Å². The van der Waals surface area contributed by atoms with Gasteiger partial charge in [0.15, 0.2) is 5.78 Å². The number of rotatable bonds is 25. The zero-order valence-electron chi connectivity index (χ0n) is 72.4. The molecule has 5 aromatic heterocycles. The van der Waals surface area contributed by atoms with Gasteiger partial charge < -0.3 is 66.9 Å². The molecule has 0 aliphatic carbocycles. The summed E-state index contributed by atoms with van der Waals surface area (Å²) >= 11 is 1.52. The monoisotopic (exact) mass is 1820 g/mol. The molecule has 5 saturated heterocycles. The summed E-state index contributed by atoms with van der Waals surface area (Å²) in [6, 6.07) is 47.6. The molecule has 5 fully saturated rings. The number of anilines is 8. The third-order valence-corrected chi connectivity index (χ3v) is 23.6. The second-order valence-electron chi connectivity index (χ2n) is 31.8. The summed E-state index contributed by atoms with van der Waals surface area (Å²) in [5.41, 5.74) is 11.1. The van der Waals surface area contributed by atoms with E-state index in [1.807, 2.05) is 81.3 Å². The molecule has 8 aromatic carbocycles. The number of ketones is 1. The highest BCUT2D eigenvalue weighted by Crippen LogP contribution is 2.37. The maximum Gasteiger partial charge on any atom is 0.414 e. The SMILES string of the molecule is CC(=O)c1cccc(C(=O)Nc2nc3cc(N4CCOCC4=O)ccc3n2CCCO)c1.CCC[C@@H](C)n1c(NC(=O)c2cccc(C(F)F)c2)nc2cc(N3CCOCC3=O)ccc21.N#Cc1cccc(C(=O)Nc2nc3cc(N4CCCOC4=O)ccc3n2CC2(F)CCOCC2)c1.O=C(Nc1nc2cc(N3CCOCC3=O)ccc2n1CCCO)c1ccc2scnc2c1. The first-order valence-corrected chi connectivity index (χ1v) is 44.0. The number of benzene rings is 8. The number of aliphatic hydroxyl groups is 2. The molecule has 38 heteroatoms. The molecule has 13 aromatic rings. The summed E-state index contributed by atoms with van der Waals surface area (Å²) in [6.07, 6.45) is 0.904. The number of hydrogen-bond acceptors (Lipinski definition) is 23. The van der Waals surface area contributed by atoms with Gasteiger partial charge in [-0.25, -0.2) is 42.9 Å². The topological polar surface area (TPSA) is 409 Å². The Morgan fingerprint density at radius 2 is 0.962 bits per heavy atom. The van der Waals surface area contributed by atoms with Crippen molar-refractivity contribution in [3.8, 4) is 6.07 Å². The number of alkyl halides is 3. The Bertz CT molecular complexity index is 6560. The van der Waals surface area contributed by atoms with Crippen LogP contribution in [0.2, 0.25) is 0 Å². The van der Waals surface area contributed by atoms with Gasteiger partial charge in [0.25, 0.3) is 47.8 Å². The molecule has 1 atom stereocenters. The fourth-order valence-electron chi connectivity index (χ4n) is 16.0. The highest BCUT2D eigenvalue weighted by molar-refractivity contribution is 7.16. The van der Waals surface area contributed by atoms with Crippen LogP contribution in [0.25, 0.3) is 54.4 Å². The molecule has 0 saturated carbocycles. The molecular formula is C94H95F3N18O16S. The molecule has 684 valence electrons. The number of Topliss-reactive ketones (excluding diaryl/α,β-unsaturated/α-hetero) is 1. The summed E-state index contributed by atoms with van der Waals surface area (Å²) in [5.74, 6) is -0.860. The van der Waals surface area contributed by atoms with Crippen molar-refractivity contribution in [3.63, 3.8) is 0 Å². The maximum absolute atomic E-state index is 15.7. The molecule has 8 amide bonds. The van der Waals surface area contributed by atoms with E-state index in [0.717, 1.165) is 45.3 Å². The Morgan fingerprint density at radius 1 is 0.508 bits per heavy atom. The lowest BCUT2D eigenvalue weighted by molar-refractivity contribution is -0.126. The number of carbonyl (C=O) groups is 9. The number of imidazole rings is 4. The zero-order valence-corrected chi connectivity index (χ0v) is 73.2. The summed E-state index contributed by atoms with van der Waals surface area (Å²) in [6.45, 7) is 11.0. The standard InChI is InChI=1S/C25H24FN5O4.C24H26F2N4O3.C23H24N4O5.C22H21N5O4S/c26-25(7-11-34-12-8-25)16-31-21-6-5-19(30-9-2-10-35-24(30)33)14-20(21)28-23(31)29-22(32)18-4-1-3-17(13-18)15-27;1-3-5-15(2)30-20-9-8-18(29-10-11-33-14-21(29)31)13-19(20)27-24(30)28-23(32)17-7-4-6-16(12-17)22(25)26;1-15(29)16-4-2-5-17(12-16)22(31)25-23-24-19-13-18(26-9-11-32-14-21(26)30)6-7-20(19)27(23)8-3-10-28;28-8-1-6-27-18-4-3-15(26-7-9-31-12-20(26)29)11-16(18)24-22(27)25-21(30)14-2-5-19-17(10-14)23-13-32-19/h1,3-6,13-14H,2,7-12,16H2,(H,28,29,32);4,6-9,12-13,15,22H,3,5,10-11,14H2,1-2H3,(H,27,28,32);2,4-7,12-13,28H,3,8-11,14H2,1H3,(H,24,25,31);2-5,10-11,13,28H,1,6-9,12H2,(H,24,25,30)/t;15-;;/m.1../s1. The van der Waals surface area contributed by atoms with E-state index in [4.69, 9.17) is 28.9 Å². The minimum Gasteiger partial charge on any atom is -0.449 e. The Hall–Kier alpha value is -14.2. The van der Waals surface area contributed by atoms with E-state index in [-0.39, 0.29) is 105 Å². The summed E-state index contributed by atoms with van der Waals surface area (Å²) in [4.78, 5) is 141. The third-order valence-electron chi connectivity index (χ3n) is 22.8. The van der Waals surface area contributed by atoms with Gasteiger partial charge in [0.1, 0.15) is 25.5 Å². The highest BCUT2D eigenvalue weighted by Gasteiger charge is 2.36. The fraction of sp³-hybridized carbons (Fsp3) is 0.330. The number of amides is 8. The number of aryl methyl sites for hydroxylation is 2. The molecular weight excluding hydrogens is 1730 g/mol. The molecule has 132 heavy (non-hydrogen) atoms. The van der Waals surface area contributed by atoms with Crippen LogP contribution in [0.1, 0.15) is 141 Å². The molecule has 0 radical (unpaired) electrons. The number of thiazole rings is 1. The normalized spacial score (nSPS) is 15.4. The summed E-state index contributed by atoms with van der Waals surface area (Å²) < 4.78 is 76.2. The van der Waals surface area contributed by atoms with E-state index < -0.39 is 35.9 Å². The third kappa shape index (κ3) is 21.4. The largest absolute Gasteiger partial charge is 0.449 e.